The Morgan fingerprint density at radius 2 is 2.17 bits per heavy atom. The highest BCUT2D eigenvalue weighted by Gasteiger charge is 2.26. The zero-order chi connectivity index (χ0) is 13.3. The van der Waals surface area contributed by atoms with E-state index in [0.717, 1.165) is 6.42 Å². The van der Waals surface area contributed by atoms with Crippen LogP contribution in [0, 0.1) is 0 Å². The molecule has 5 nitrogen and oxygen atoms in total. The van der Waals surface area contributed by atoms with Crippen LogP contribution in [0.3, 0.4) is 0 Å². The van der Waals surface area contributed by atoms with Crippen molar-refractivity contribution in [3.8, 4) is 0 Å². The van der Waals surface area contributed by atoms with E-state index in [4.69, 9.17) is 11.6 Å². The second-order valence-corrected chi connectivity index (χ2v) is 6.52. The van der Waals surface area contributed by atoms with Gasteiger partial charge in [-0.05, 0) is 19.4 Å². The third kappa shape index (κ3) is 2.50. The summed E-state index contributed by atoms with van der Waals surface area (Å²) in [5.41, 5.74) is 0.686. The van der Waals surface area contributed by atoms with Gasteiger partial charge in [-0.1, -0.05) is 23.3 Å². The lowest BCUT2D eigenvalue weighted by molar-refractivity contribution is 0.431. The van der Waals surface area contributed by atoms with Gasteiger partial charge in [0.1, 0.15) is 5.02 Å². The number of H-pyrrole nitrogens is 1. The van der Waals surface area contributed by atoms with Gasteiger partial charge in [-0.3, -0.25) is 4.79 Å². The zero-order valence-corrected chi connectivity index (χ0v) is 11.4. The first kappa shape index (κ1) is 13.3. The number of rotatable bonds is 2. The first-order chi connectivity index (χ1) is 8.41. The first-order valence-corrected chi connectivity index (χ1v) is 7.27. The molecule has 0 radical (unpaired) electrons. The normalized spacial score (nSPS) is 17.6. The molecule has 1 aliphatic rings. The molecule has 1 aromatic heterocycles. The van der Waals surface area contributed by atoms with E-state index in [9.17, 15) is 13.2 Å². The van der Waals surface area contributed by atoms with E-state index < -0.39 is 15.6 Å². The van der Waals surface area contributed by atoms with Gasteiger partial charge in [-0.25, -0.2) is 8.42 Å². The van der Waals surface area contributed by atoms with Crippen LogP contribution in [0.25, 0.3) is 0 Å². The van der Waals surface area contributed by atoms with Crippen molar-refractivity contribution < 1.29 is 8.42 Å². The predicted octanol–water partition coefficient (Wildman–Crippen LogP) is 1.37. The Labute approximate surface area is 110 Å². The van der Waals surface area contributed by atoms with Crippen LogP contribution >= 0.6 is 11.6 Å². The van der Waals surface area contributed by atoms with Crippen molar-refractivity contribution in [3.63, 3.8) is 0 Å². The zero-order valence-electron chi connectivity index (χ0n) is 9.81. The van der Waals surface area contributed by atoms with Crippen molar-refractivity contribution in [2.24, 2.45) is 0 Å². The topological polar surface area (TPSA) is 70.2 Å². The molecule has 7 heteroatoms. The highest BCUT2D eigenvalue weighted by Crippen LogP contribution is 2.20. The Morgan fingerprint density at radius 1 is 1.44 bits per heavy atom. The molecule has 0 spiro atoms. The minimum absolute atomic E-state index is 0.0139. The third-order valence-corrected chi connectivity index (χ3v) is 4.99. The van der Waals surface area contributed by atoms with Gasteiger partial charge in [0, 0.05) is 19.3 Å². The fourth-order valence-corrected chi connectivity index (χ4v) is 3.32. The molecule has 0 bridgehead atoms. The van der Waals surface area contributed by atoms with Crippen LogP contribution in [-0.2, 0) is 10.0 Å². The van der Waals surface area contributed by atoms with Crippen molar-refractivity contribution in [1.82, 2.24) is 9.29 Å². The number of hydrogen-bond donors (Lipinski definition) is 1. The summed E-state index contributed by atoms with van der Waals surface area (Å²) in [6.07, 6.45) is 3.78. The van der Waals surface area contributed by atoms with Crippen LogP contribution < -0.4 is 5.56 Å². The Hall–Kier alpha value is -1.11. The van der Waals surface area contributed by atoms with Crippen molar-refractivity contribution in [2.75, 3.05) is 13.1 Å². The van der Waals surface area contributed by atoms with Crippen molar-refractivity contribution >= 4 is 21.6 Å². The van der Waals surface area contributed by atoms with Gasteiger partial charge in [0.15, 0.2) is 0 Å². The maximum absolute atomic E-state index is 12.3. The molecule has 2 heterocycles. The first-order valence-electron chi connectivity index (χ1n) is 5.45. The summed E-state index contributed by atoms with van der Waals surface area (Å²) in [6, 6.07) is 1.18. The van der Waals surface area contributed by atoms with E-state index in [2.05, 4.69) is 4.98 Å². The molecule has 2 rings (SSSR count). The van der Waals surface area contributed by atoms with Gasteiger partial charge in [-0.2, -0.15) is 4.31 Å². The van der Waals surface area contributed by atoms with Crippen LogP contribution in [0.1, 0.15) is 13.3 Å². The second-order valence-electron chi connectivity index (χ2n) is 4.18. The van der Waals surface area contributed by atoms with E-state index in [1.807, 2.05) is 13.0 Å². The molecule has 0 aromatic carbocycles. The molecular weight excluding hydrogens is 276 g/mol. The van der Waals surface area contributed by atoms with Gasteiger partial charge >= 0.3 is 0 Å². The van der Waals surface area contributed by atoms with Gasteiger partial charge in [0.2, 0.25) is 10.0 Å². The summed E-state index contributed by atoms with van der Waals surface area (Å²) in [6.45, 7) is 2.77. The van der Waals surface area contributed by atoms with Crippen molar-refractivity contribution in [1.29, 1.82) is 0 Å². The van der Waals surface area contributed by atoms with E-state index in [-0.39, 0.29) is 9.92 Å². The molecule has 1 aliphatic heterocycles. The van der Waals surface area contributed by atoms with Crippen LogP contribution in [0.5, 0.6) is 0 Å². The highest BCUT2D eigenvalue weighted by molar-refractivity contribution is 7.89. The minimum atomic E-state index is -3.59. The van der Waals surface area contributed by atoms with E-state index in [0.29, 0.717) is 13.1 Å². The fraction of sp³-hybridized carbons (Fsp3) is 0.364. The Bertz CT molecular complexity index is 648. The molecule has 98 valence electrons. The average Bonchev–Trinajstić information content (AvgIpc) is 2.33. The predicted molar refractivity (Wildman–Crippen MR) is 69.2 cm³/mol. The van der Waals surface area contributed by atoms with Crippen LogP contribution in [0.2, 0.25) is 5.02 Å². The highest BCUT2D eigenvalue weighted by atomic mass is 35.5. The quantitative estimate of drug-likeness (QED) is 0.836. The number of aromatic nitrogens is 1. The maximum atomic E-state index is 12.3. The Balaban J connectivity index is 2.37. The molecule has 0 fully saturated rings. The van der Waals surface area contributed by atoms with E-state index >= 15 is 0 Å². The fourth-order valence-electron chi connectivity index (χ4n) is 1.71. The second kappa shape index (κ2) is 4.87. The number of hydrogen-bond acceptors (Lipinski definition) is 3. The number of halogens is 1. The number of pyridine rings is 1. The van der Waals surface area contributed by atoms with E-state index in [1.165, 1.54) is 22.1 Å². The van der Waals surface area contributed by atoms with Gasteiger partial charge < -0.3 is 4.98 Å². The Morgan fingerprint density at radius 3 is 2.72 bits per heavy atom. The van der Waals surface area contributed by atoms with Crippen molar-refractivity contribution in [3.05, 3.63) is 39.3 Å². The Kier molecular flexibility index (Phi) is 3.61. The number of nitrogens with zero attached hydrogens (tertiary/aromatic N) is 1. The van der Waals surface area contributed by atoms with Crippen LogP contribution in [-0.4, -0.2) is 30.8 Å². The molecular formula is C11H13ClN2O3S. The standard InChI is InChI=1S/C11H13ClN2O3S/c1-8-2-4-14(5-3-8)18(16,17)9-6-10(12)11(15)13-7-9/h2,6-7H,3-5H2,1H3,(H,13,15). The lowest BCUT2D eigenvalue weighted by atomic mass is 10.1. The molecule has 0 amide bonds. The summed E-state index contributed by atoms with van der Waals surface area (Å²) in [5, 5.41) is -0.125. The monoisotopic (exact) mass is 288 g/mol. The minimum Gasteiger partial charge on any atom is -0.326 e. The van der Waals surface area contributed by atoms with Gasteiger partial charge in [-0.15, -0.1) is 0 Å². The third-order valence-electron chi connectivity index (χ3n) is 2.87. The summed E-state index contributed by atoms with van der Waals surface area (Å²) in [4.78, 5) is 13.4. The molecule has 0 saturated heterocycles. The molecule has 0 atom stereocenters. The van der Waals surface area contributed by atoms with Crippen LogP contribution in [0.15, 0.2) is 33.6 Å². The van der Waals surface area contributed by atoms with Gasteiger partial charge in [0.05, 0.1) is 4.90 Å². The molecule has 1 aromatic rings. The number of nitrogens with one attached hydrogen (secondary N) is 1. The van der Waals surface area contributed by atoms with Crippen molar-refractivity contribution in [2.45, 2.75) is 18.2 Å². The van der Waals surface area contributed by atoms with Crippen LogP contribution in [0.4, 0.5) is 0 Å². The summed E-state index contributed by atoms with van der Waals surface area (Å²) < 4.78 is 25.9. The largest absolute Gasteiger partial charge is 0.326 e. The summed E-state index contributed by atoms with van der Waals surface area (Å²) in [7, 11) is -3.59. The number of aromatic amines is 1. The van der Waals surface area contributed by atoms with Gasteiger partial charge in [0.25, 0.3) is 5.56 Å². The molecule has 0 unspecified atom stereocenters. The molecule has 0 saturated carbocycles. The van der Waals surface area contributed by atoms with E-state index in [1.54, 1.807) is 0 Å². The summed E-state index contributed by atoms with van der Waals surface area (Å²) in [5.74, 6) is 0. The molecule has 1 N–H and O–H groups in total. The molecule has 0 aliphatic carbocycles. The lowest BCUT2D eigenvalue weighted by Gasteiger charge is -2.24. The average molecular weight is 289 g/mol. The number of sulfonamides is 1. The summed E-state index contributed by atoms with van der Waals surface area (Å²) >= 11 is 5.64. The maximum Gasteiger partial charge on any atom is 0.266 e. The smallest absolute Gasteiger partial charge is 0.266 e. The molecule has 18 heavy (non-hydrogen) atoms. The lowest BCUT2D eigenvalue weighted by Crippen LogP contribution is -2.35. The SMILES string of the molecule is CC1=CCN(S(=O)(=O)c2c[nH]c(=O)c(Cl)c2)CC1.